The van der Waals surface area contributed by atoms with Crippen molar-refractivity contribution in [3.63, 3.8) is 0 Å². The molecule has 8 heteroatoms. The van der Waals surface area contributed by atoms with E-state index >= 15 is 0 Å². The van der Waals surface area contributed by atoms with Crippen LogP contribution in [0.3, 0.4) is 0 Å². The topological polar surface area (TPSA) is 109 Å². The zero-order chi connectivity index (χ0) is 21.4. The van der Waals surface area contributed by atoms with Crippen molar-refractivity contribution >= 4 is 17.0 Å². The second-order valence-electron chi connectivity index (χ2n) is 6.98. The zero-order valence-electron chi connectivity index (χ0n) is 16.4. The number of hydrogen-bond donors (Lipinski definition) is 2. The summed E-state index contributed by atoms with van der Waals surface area (Å²) in [6, 6.07) is 18.2. The number of benzene rings is 1. The third kappa shape index (κ3) is 3.38. The normalized spacial score (nSPS) is 11.2. The van der Waals surface area contributed by atoms with Crippen molar-refractivity contribution in [2.45, 2.75) is 6.54 Å². The van der Waals surface area contributed by atoms with Crippen molar-refractivity contribution in [3.05, 3.63) is 84.4 Å². The van der Waals surface area contributed by atoms with Crippen molar-refractivity contribution in [2.75, 3.05) is 5.73 Å². The number of imidazole rings is 1. The molecule has 31 heavy (non-hydrogen) atoms. The fourth-order valence-electron chi connectivity index (χ4n) is 3.44. The highest BCUT2D eigenvalue weighted by Gasteiger charge is 2.18. The monoisotopic (exact) mass is 411 g/mol. The first-order chi connectivity index (χ1) is 15.1. The Morgan fingerprint density at radius 3 is 2.39 bits per heavy atom. The SMILES string of the molecule is NCc1ccc(-n2c(-c3cccnc3N)nc3ccc(-c4ccc(F)cn4)nc32)cc1. The van der Waals surface area contributed by atoms with Gasteiger partial charge in [0.1, 0.15) is 17.2 Å². The van der Waals surface area contributed by atoms with Gasteiger partial charge < -0.3 is 11.5 Å². The Bertz CT molecular complexity index is 1380. The minimum absolute atomic E-state index is 0.373. The van der Waals surface area contributed by atoms with E-state index < -0.39 is 5.82 Å². The van der Waals surface area contributed by atoms with Crippen LogP contribution in [0, 0.1) is 5.82 Å². The van der Waals surface area contributed by atoms with Crippen LogP contribution in [0.1, 0.15) is 5.56 Å². The van der Waals surface area contributed by atoms with Crippen LogP contribution in [0.25, 0.3) is 39.6 Å². The van der Waals surface area contributed by atoms with Crippen LogP contribution in [-0.2, 0) is 6.54 Å². The second kappa shape index (κ2) is 7.58. The third-order valence-electron chi connectivity index (χ3n) is 5.00. The molecule has 5 aromatic rings. The highest BCUT2D eigenvalue weighted by molar-refractivity contribution is 5.84. The molecule has 0 aliphatic carbocycles. The quantitative estimate of drug-likeness (QED) is 0.467. The van der Waals surface area contributed by atoms with Crippen molar-refractivity contribution in [1.82, 2.24) is 24.5 Å². The first kappa shape index (κ1) is 18.8. The van der Waals surface area contributed by atoms with Gasteiger partial charge in [-0.1, -0.05) is 12.1 Å². The lowest BCUT2D eigenvalue weighted by molar-refractivity contribution is 0.622. The molecule has 4 aromatic heterocycles. The number of rotatable bonds is 4. The van der Waals surface area contributed by atoms with Crippen molar-refractivity contribution in [3.8, 4) is 28.5 Å². The summed E-state index contributed by atoms with van der Waals surface area (Å²) in [6.07, 6.45) is 2.81. The minimum Gasteiger partial charge on any atom is -0.383 e. The van der Waals surface area contributed by atoms with E-state index in [2.05, 4.69) is 9.97 Å². The number of pyridine rings is 3. The molecule has 4 N–H and O–H groups in total. The Hall–Kier alpha value is -4.17. The van der Waals surface area contributed by atoms with Gasteiger partial charge in [0, 0.05) is 18.4 Å². The maximum atomic E-state index is 13.3. The first-order valence-corrected chi connectivity index (χ1v) is 9.66. The van der Waals surface area contributed by atoms with Gasteiger partial charge in [0.2, 0.25) is 0 Å². The van der Waals surface area contributed by atoms with Gasteiger partial charge in [0.25, 0.3) is 0 Å². The standard InChI is InChI=1S/C23H18FN7/c24-15-5-8-18(28-13-15)19-9-10-20-23(29-19)31(16-6-3-14(12-25)4-7-16)22(30-20)17-2-1-11-27-21(17)26/h1-11,13H,12,25H2,(H2,26,27). The number of nitrogens with two attached hydrogens (primary N) is 2. The molecule has 0 saturated carbocycles. The largest absolute Gasteiger partial charge is 0.383 e. The van der Waals surface area contributed by atoms with Gasteiger partial charge >= 0.3 is 0 Å². The number of nitrogen functional groups attached to an aromatic ring is 1. The number of hydrogen-bond acceptors (Lipinski definition) is 6. The smallest absolute Gasteiger partial charge is 0.165 e. The molecule has 0 spiro atoms. The van der Waals surface area contributed by atoms with Crippen molar-refractivity contribution in [2.24, 2.45) is 5.73 Å². The molecule has 7 nitrogen and oxygen atoms in total. The molecule has 0 fully saturated rings. The highest BCUT2D eigenvalue weighted by Crippen LogP contribution is 2.31. The van der Waals surface area contributed by atoms with Gasteiger partial charge in [-0.05, 0) is 54.1 Å². The summed E-state index contributed by atoms with van der Waals surface area (Å²) in [5, 5.41) is 0. The fraction of sp³-hybridized carbons (Fsp3) is 0.0435. The Kier molecular flexibility index (Phi) is 4.61. The first-order valence-electron chi connectivity index (χ1n) is 9.66. The average Bonchev–Trinajstić information content (AvgIpc) is 3.18. The molecular weight excluding hydrogens is 393 g/mol. The molecule has 0 aliphatic heterocycles. The molecule has 4 heterocycles. The van der Waals surface area contributed by atoms with E-state index in [0.717, 1.165) is 11.3 Å². The zero-order valence-corrected chi connectivity index (χ0v) is 16.4. The van der Waals surface area contributed by atoms with Crippen LogP contribution in [0.2, 0.25) is 0 Å². The molecule has 0 amide bonds. The van der Waals surface area contributed by atoms with Gasteiger partial charge in [-0.2, -0.15) is 0 Å². The van der Waals surface area contributed by atoms with Gasteiger partial charge in [0.05, 0.1) is 23.1 Å². The number of halogens is 1. The van der Waals surface area contributed by atoms with Crippen LogP contribution in [-0.4, -0.2) is 24.5 Å². The summed E-state index contributed by atoms with van der Waals surface area (Å²) < 4.78 is 15.2. The molecule has 0 bridgehead atoms. The Morgan fingerprint density at radius 1 is 0.871 bits per heavy atom. The average molecular weight is 411 g/mol. The lowest BCUT2D eigenvalue weighted by Crippen LogP contribution is -2.03. The number of nitrogens with zero attached hydrogens (tertiary/aromatic N) is 5. The van der Waals surface area contributed by atoms with E-state index in [1.165, 1.54) is 12.3 Å². The van der Waals surface area contributed by atoms with Crippen LogP contribution < -0.4 is 11.5 Å². The maximum absolute atomic E-state index is 13.3. The van der Waals surface area contributed by atoms with Crippen molar-refractivity contribution < 1.29 is 4.39 Å². The Morgan fingerprint density at radius 2 is 1.68 bits per heavy atom. The fourth-order valence-corrected chi connectivity index (χ4v) is 3.44. The van der Waals surface area contributed by atoms with E-state index in [1.807, 2.05) is 53.1 Å². The summed E-state index contributed by atoms with van der Waals surface area (Å²) in [6.45, 7) is 0.450. The number of fused-ring (bicyclic) bond motifs is 1. The summed E-state index contributed by atoms with van der Waals surface area (Å²) in [7, 11) is 0. The maximum Gasteiger partial charge on any atom is 0.165 e. The van der Waals surface area contributed by atoms with Gasteiger partial charge in [0.15, 0.2) is 11.5 Å². The number of anilines is 1. The molecular formula is C23H18FN7. The summed E-state index contributed by atoms with van der Waals surface area (Å²) in [5.74, 6) is 0.597. The van der Waals surface area contributed by atoms with Gasteiger partial charge in [-0.15, -0.1) is 0 Å². The van der Waals surface area contributed by atoms with Gasteiger partial charge in [-0.25, -0.2) is 19.3 Å². The molecule has 0 radical (unpaired) electrons. The summed E-state index contributed by atoms with van der Waals surface area (Å²) >= 11 is 0. The van der Waals surface area contributed by atoms with E-state index in [-0.39, 0.29) is 0 Å². The molecule has 0 unspecified atom stereocenters. The van der Waals surface area contributed by atoms with Crippen LogP contribution >= 0.6 is 0 Å². The van der Waals surface area contributed by atoms with E-state index in [9.17, 15) is 4.39 Å². The van der Waals surface area contributed by atoms with E-state index in [4.69, 9.17) is 21.4 Å². The van der Waals surface area contributed by atoms with Crippen LogP contribution in [0.15, 0.2) is 73.1 Å². The van der Waals surface area contributed by atoms with E-state index in [1.54, 1.807) is 12.3 Å². The molecule has 1 aromatic carbocycles. The molecule has 5 rings (SSSR count). The predicted octanol–water partition coefficient (Wildman–Crippen LogP) is 3.72. The van der Waals surface area contributed by atoms with E-state index in [0.29, 0.717) is 46.3 Å². The minimum atomic E-state index is -0.399. The third-order valence-corrected chi connectivity index (χ3v) is 5.00. The Balaban J connectivity index is 1.77. The van der Waals surface area contributed by atoms with Gasteiger partial charge in [-0.3, -0.25) is 9.55 Å². The molecule has 0 atom stereocenters. The Labute approximate surface area is 177 Å². The second-order valence-corrected chi connectivity index (χ2v) is 6.98. The lowest BCUT2D eigenvalue weighted by atomic mass is 10.2. The predicted molar refractivity (Wildman–Crippen MR) is 118 cm³/mol. The van der Waals surface area contributed by atoms with Crippen LogP contribution in [0.4, 0.5) is 10.2 Å². The molecule has 0 aliphatic rings. The van der Waals surface area contributed by atoms with Crippen molar-refractivity contribution in [1.29, 1.82) is 0 Å². The number of aromatic nitrogens is 5. The summed E-state index contributed by atoms with van der Waals surface area (Å²) in [5.41, 5.74) is 17.0. The lowest BCUT2D eigenvalue weighted by Gasteiger charge is -2.11. The molecule has 0 saturated heterocycles. The summed E-state index contributed by atoms with van der Waals surface area (Å²) in [4.78, 5) is 17.9. The highest BCUT2D eigenvalue weighted by atomic mass is 19.1. The molecule has 152 valence electrons. The van der Waals surface area contributed by atoms with Crippen LogP contribution in [0.5, 0.6) is 0 Å².